The average molecular weight is 631 g/mol. The van der Waals surface area contributed by atoms with E-state index in [1.54, 1.807) is 50.8 Å². The second-order valence-corrected chi connectivity index (χ2v) is 11.2. The number of nitrogens with zero attached hydrogens (tertiary/aromatic N) is 4. The Morgan fingerprint density at radius 1 is 0.711 bits per heavy atom. The summed E-state index contributed by atoms with van der Waals surface area (Å²) in [7, 11) is 3.18. The number of carbonyl (C=O) groups is 4. The number of pyridine rings is 2. The van der Waals surface area contributed by atoms with E-state index in [1.807, 2.05) is 48.5 Å². The van der Waals surface area contributed by atoms with Crippen molar-refractivity contribution in [3.05, 3.63) is 47.8 Å². The van der Waals surface area contributed by atoms with Crippen LogP contribution < -0.4 is 9.80 Å². The summed E-state index contributed by atoms with van der Waals surface area (Å²) in [6, 6.07) is 7.02. The minimum absolute atomic E-state index is 0.0827. The number of carbonyl (C=O) groups excluding carboxylic acids is 4. The van der Waals surface area contributed by atoms with Crippen LogP contribution in [-0.2, 0) is 41.8 Å². The van der Waals surface area contributed by atoms with Crippen LogP contribution in [0.3, 0.4) is 0 Å². The van der Waals surface area contributed by atoms with Crippen molar-refractivity contribution in [3.8, 4) is 0 Å². The third-order valence-electron chi connectivity index (χ3n) is 6.37. The topological polar surface area (TPSA) is 137 Å². The summed E-state index contributed by atoms with van der Waals surface area (Å²) >= 11 is 0. The Labute approximate surface area is 267 Å². The van der Waals surface area contributed by atoms with Crippen molar-refractivity contribution in [1.82, 2.24) is 9.97 Å². The van der Waals surface area contributed by atoms with Gasteiger partial charge in [0.05, 0.1) is 6.61 Å². The number of aromatic nitrogens is 2. The van der Waals surface area contributed by atoms with Crippen LogP contribution in [0.2, 0.25) is 0 Å². The quantitative estimate of drug-likeness (QED) is 0.164. The molecular formula is C33H50N4O8. The largest absolute Gasteiger partial charge is 0.461 e. The lowest BCUT2D eigenvalue weighted by Gasteiger charge is -2.23. The molecule has 1 unspecified atom stereocenters. The van der Waals surface area contributed by atoms with E-state index in [4.69, 9.17) is 18.9 Å². The highest BCUT2D eigenvalue weighted by Crippen LogP contribution is 2.20. The first-order valence-electron chi connectivity index (χ1n) is 15.4. The van der Waals surface area contributed by atoms with E-state index in [0.29, 0.717) is 42.2 Å². The van der Waals surface area contributed by atoms with E-state index in [-0.39, 0.29) is 43.1 Å². The van der Waals surface area contributed by atoms with Gasteiger partial charge in [-0.25, -0.2) is 19.6 Å². The Balaban J connectivity index is 0.000000450. The molecule has 12 nitrogen and oxygen atoms in total. The Bertz CT molecular complexity index is 1220. The maximum atomic E-state index is 12.2. The van der Waals surface area contributed by atoms with Gasteiger partial charge in [0.1, 0.15) is 31.0 Å². The lowest BCUT2D eigenvalue weighted by atomic mass is 10.1. The van der Waals surface area contributed by atoms with Gasteiger partial charge in [-0.2, -0.15) is 0 Å². The number of ether oxygens (including phenoxy) is 4. The molecule has 0 fully saturated rings. The molecular weight excluding hydrogens is 580 g/mol. The molecule has 0 N–H and O–H groups in total. The number of anilines is 2. The van der Waals surface area contributed by atoms with Gasteiger partial charge in [-0.15, -0.1) is 0 Å². The maximum absolute atomic E-state index is 12.2. The first-order chi connectivity index (χ1) is 21.3. The molecule has 2 rings (SSSR count). The molecule has 0 aliphatic carbocycles. The Morgan fingerprint density at radius 3 is 1.56 bits per heavy atom. The second-order valence-electron chi connectivity index (χ2n) is 11.2. The fourth-order valence-corrected chi connectivity index (χ4v) is 3.44. The second kappa shape index (κ2) is 20.7. The van der Waals surface area contributed by atoms with Crippen molar-refractivity contribution >= 4 is 35.8 Å². The van der Waals surface area contributed by atoms with E-state index >= 15 is 0 Å². The molecule has 0 radical (unpaired) electrons. The summed E-state index contributed by atoms with van der Waals surface area (Å²) in [6.45, 7) is 14.1. The van der Waals surface area contributed by atoms with Crippen molar-refractivity contribution in [2.24, 2.45) is 11.8 Å². The third-order valence-corrected chi connectivity index (χ3v) is 6.37. The molecule has 45 heavy (non-hydrogen) atoms. The minimum Gasteiger partial charge on any atom is -0.461 e. The summed E-state index contributed by atoms with van der Waals surface area (Å²) < 4.78 is 20.9. The van der Waals surface area contributed by atoms with Crippen LogP contribution in [0, 0.1) is 11.8 Å². The van der Waals surface area contributed by atoms with Gasteiger partial charge in [0, 0.05) is 50.5 Å². The van der Waals surface area contributed by atoms with E-state index in [1.165, 1.54) is 9.80 Å². The SMILES string of the molecule is CCCC(=O)OCc1cccnc1N(C)C(=O)OC(C)C(C)C.CCCC(=O)OCc1cccnc1N(C)C(=O)OCC(C)C. The summed E-state index contributed by atoms with van der Waals surface area (Å²) in [5.41, 5.74) is 1.32. The van der Waals surface area contributed by atoms with Crippen LogP contribution in [-0.4, -0.2) is 60.9 Å². The van der Waals surface area contributed by atoms with Gasteiger partial charge in [0.25, 0.3) is 0 Å². The molecule has 0 bridgehead atoms. The Hall–Kier alpha value is -4.22. The first kappa shape index (κ1) is 38.8. The number of rotatable bonds is 14. The standard InChI is InChI=1S/C17H26N2O4.C16H24N2O4/c1-6-8-15(20)22-11-14-9-7-10-18-16(14)19(5)17(21)23-13(4)12(2)3;1-5-7-14(19)21-11-13-8-6-9-17-15(13)18(4)16(20)22-10-12(2)3/h7,9-10,12-13H,6,8,11H2,1-5H3;6,8-9,12H,5,7,10-11H2,1-4H3. The monoisotopic (exact) mass is 630 g/mol. The molecule has 0 aliphatic rings. The molecule has 0 saturated carbocycles. The van der Waals surface area contributed by atoms with Crippen molar-refractivity contribution < 1.29 is 38.1 Å². The van der Waals surface area contributed by atoms with Crippen LogP contribution in [0.4, 0.5) is 21.2 Å². The Morgan fingerprint density at radius 2 is 1.16 bits per heavy atom. The van der Waals surface area contributed by atoms with E-state index in [9.17, 15) is 19.2 Å². The first-order valence-corrected chi connectivity index (χ1v) is 15.4. The highest BCUT2D eigenvalue weighted by molar-refractivity contribution is 5.87. The fraction of sp³-hybridized carbons (Fsp3) is 0.576. The van der Waals surface area contributed by atoms with Gasteiger partial charge in [-0.3, -0.25) is 19.4 Å². The molecule has 0 saturated heterocycles. The Kier molecular flexibility index (Phi) is 17.8. The van der Waals surface area contributed by atoms with Gasteiger partial charge >= 0.3 is 24.1 Å². The van der Waals surface area contributed by atoms with Crippen molar-refractivity contribution in [1.29, 1.82) is 0 Å². The molecule has 2 aromatic rings. The summed E-state index contributed by atoms with van der Waals surface area (Å²) in [5.74, 6) is 0.822. The minimum atomic E-state index is -0.481. The predicted molar refractivity (Wildman–Crippen MR) is 172 cm³/mol. The molecule has 250 valence electrons. The molecule has 0 aromatic carbocycles. The zero-order valence-corrected chi connectivity index (χ0v) is 28.2. The summed E-state index contributed by atoms with van der Waals surface area (Å²) in [4.78, 5) is 58.2. The van der Waals surface area contributed by atoms with Crippen LogP contribution in [0.25, 0.3) is 0 Å². The normalized spacial score (nSPS) is 11.2. The molecule has 2 aromatic heterocycles. The average Bonchev–Trinajstić information content (AvgIpc) is 3.01. The predicted octanol–water partition coefficient (Wildman–Crippen LogP) is 6.70. The van der Waals surface area contributed by atoms with Crippen LogP contribution in [0.15, 0.2) is 36.7 Å². The van der Waals surface area contributed by atoms with Crippen molar-refractivity contribution in [2.45, 2.75) is 93.5 Å². The molecule has 12 heteroatoms. The van der Waals surface area contributed by atoms with Gasteiger partial charge in [0.2, 0.25) is 0 Å². The zero-order chi connectivity index (χ0) is 33.9. The summed E-state index contributed by atoms with van der Waals surface area (Å²) in [6.07, 6.45) is 4.24. The number of amides is 2. The number of esters is 2. The van der Waals surface area contributed by atoms with Crippen LogP contribution >= 0.6 is 0 Å². The van der Waals surface area contributed by atoms with Gasteiger partial charge in [-0.1, -0.05) is 53.7 Å². The van der Waals surface area contributed by atoms with Crippen LogP contribution in [0.5, 0.6) is 0 Å². The molecule has 2 heterocycles. The highest BCUT2D eigenvalue weighted by atomic mass is 16.6. The van der Waals surface area contributed by atoms with Gasteiger partial charge in [-0.05, 0) is 43.7 Å². The van der Waals surface area contributed by atoms with Gasteiger partial charge < -0.3 is 18.9 Å². The maximum Gasteiger partial charge on any atom is 0.415 e. The molecule has 0 aliphatic heterocycles. The van der Waals surface area contributed by atoms with Crippen LogP contribution in [0.1, 0.15) is 85.3 Å². The smallest absolute Gasteiger partial charge is 0.415 e. The lowest BCUT2D eigenvalue weighted by Crippen LogP contribution is -2.33. The third kappa shape index (κ3) is 14.4. The van der Waals surface area contributed by atoms with E-state index in [0.717, 1.165) is 12.8 Å². The zero-order valence-electron chi connectivity index (χ0n) is 28.2. The van der Waals surface area contributed by atoms with Gasteiger partial charge in [0.15, 0.2) is 0 Å². The lowest BCUT2D eigenvalue weighted by molar-refractivity contribution is -0.145. The number of hydrogen-bond acceptors (Lipinski definition) is 10. The van der Waals surface area contributed by atoms with E-state index < -0.39 is 12.2 Å². The fourth-order valence-electron chi connectivity index (χ4n) is 3.44. The van der Waals surface area contributed by atoms with Crippen molar-refractivity contribution in [3.63, 3.8) is 0 Å². The molecule has 2 amide bonds. The molecule has 1 atom stereocenters. The summed E-state index contributed by atoms with van der Waals surface area (Å²) in [5, 5.41) is 0. The van der Waals surface area contributed by atoms with E-state index in [2.05, 4.69) is 9.97 Å². The highest BCUT2D eigenvalue weighted by Gasteiger charge is 2.21. The molecule has 0 spiro atoms. The van der Waals surface area contributed by atoms with Crippen molar-refractivity contribution in [2.75, 3.05) is 30.5 Å². The number of hydrogen-bond donors (Lipinski definition) is 0.